The number of guanidine groups is 1. The van der Waals surface area contributed by atoms with Crippen LogP contribution in [0.2, 0.25) is 0 Å². The largest absolute Gasteiger partial charge is 0.357 e. The molecule has 3 rings (SSSR count). The number of hydrogen-bond acceptors (Lipinski definition) is 3. The highest BCUT2D eigenvalue weighted by atomic mass is 19.1. The Bertz CT molecular complexity index is 696. The molecule has 0 unspecified atom stereocenters. The van der Waals surface area contributed by atoms with E-state index >= 15 is 0 Å². The quantitative estimate of drug-likeness (QED) is 0.685. The van der Waals surface area contributed by atoms with Crippen LogP contribution >= 0.6 is 0 Å². The maximum Gasteiger partial charge on any atom is 0.194 e. The number of nitrogens with one attached hydrogen (secondary N) is 1. The summed E-state index contributed by atoms with van der Waals surface area (Å²) in [5, 5.41) is 3.32. The van der Waals surface area contributed by atoms with Gasteiger partial charge in [-0.1, -0.05) is 24.3 Å². The van der Waals surface area contributed by atoms with E-state index in [1.165, 1.54) is 6.07 Å². The van der Waals surface area contributed by atoms with E-state index in [-0.39, 0.29) is 5.82 Å². The first-order chi connectivity index (χ1) is 12.3. The summed E-state index contributed by atoms with van der Waals surface area (Å²) in [7, 11) is 0. The van der Waals surface area contributed by atoms with Crippen LogP contribution in [0.5, 0.6) is 0 Å². The fourth-order valence-electron chi connectivity index (χ4n) is 2.90. The average Bonchev–Trinajstić information content (AvgIpc) is 2.67. The molecule has 0 atom stereocenters. The van der Waals surface area contributed by atoms with Crippen LogP contribution in [0.25, 0.3) is 0 Å². The molecule has 2 heterocycles. The molecule has 0 bridgehead atoms. The molecule has 0 aliphatic carbocycles. The SMILES string of the molecule is CCNC(=NCc1ccccc1F)N1CCN(c2ccccn2)CC1. The van der Waals surface area contributed by atoms with Gasteiger partial charge in [-0.3, -0.25) is 0 Å². The Morgan fingerprint density at radius 2 is 1.88 bits per heavy atom. The van der Waals surface area contributed by atoms with E-state index in [2.05, 4.69) is 25.1 Å². The molecule has 25 heavy (non-hydrogen) atoms. The summed E-state index contributed by atoms with van der Waals surface area (Å²) in [6, 6.07) is 12.8. The molecule has 0 amide bonds. The molecule has 2 aromatic rings. The zero-order chi connectivity index (χ0) is 17.5. The molecule has 1 aliphatic rings. The normalized spacial score (nSPS) is 15.4. The highest BCUT2D eigenvalue weighted by Gasteiger charge is 2.20. The second-order valence-corrected chi connectivity index (χ2v) is 5.92. The number of aliphatic imine (C=N–C) groups is 1. The molecular formula is C19H24FN5. The van der Waals surface area contributed by atoms with Gasteiger partial charge in [0.05, 0.1) is 6.54 Å². The van der Waals surface area contributed by atoms with Crippen LogP contribution in [-0.4, -0.2) is 48.6 Å². The molecule has 6 heteroatoms. The van der Waals surface area contributed by atoms with Gasteiger partial charge in [-0.05, 0) is 25.1 Å². The molecule has 0 saturated carbocycles. The van der Waals surface area contributed by atoms with E-state index in [1.54, 1.807) is 12.1 Å². The number of anilines is 1. The Morgan fingerprint density at radius 3 is 2.56 bits per heavy atom. The molecule has 1 saturated heterocycles. The predicted molar refractivity (Wildman–Crippen MR) is 99.2 cm³/mol. The predicted octanol–water partition coefficient (Wildman–Crippen LogP) is 2.51. The monoisotopic (exact) mass is 341 g/mol. The van der Waals surface area contributed by atoms with Crippen molar-refractivity contribution in [2.24, 2.45) is 4.99 Å². The van der Waals surface area contributed by atoms with Crippen molar-refractivity contribution >= 4 is 11.8 Å². The third-order valence-corrected chi connectivity index (χ3v) is 4.24. The van der Waals surface area contributed by atoms with Crippen LogP contribution in [0.3, 0.4) is 0 Å². The summed E-state index contributed by atoms with van der Waals surface area (Å²) < 4.78 is 13.8. The Labute approximate surface area is 148 Å². The Hall–Kier alpha value is -2.63. The second kappa shape index (κ2) is 8.46. The van der Waals surface area contributed by atoms with Crippen molar-refractivity contribution in [3.05, 3.63) is 60.0 Å². The van der Waals surface area contributed by atoms with Gasteiger partial charge in [0.1, 0.15) is 11.6 Å². The molecule has 0 radical (unpaired) electrons. The van der Waals surface area contributed by atoms with Crippen molar-refractivity contribution in [1.29, 1.82) is 0 Å². The fourth-order valence-corrected chi connectivity index (χ4v) is 2.90. The lowest BCUT2D eigenvalue weighted by atomic mass is 10.2. The van der Waals surface area contributed by atoms with Crippen molar-refractivity contribution in [1.82, 2.24) is 15.2 Å². The number of piperazine rings is 1. The van der Waals surface area contributed by atoms with E-state index in [1.807, 2.05) is 37.4 Å². The van der Waals surface area contributed by atoms with Gasteiger partial charge in [0.15, 0.2) is 5.96 Å². The van der Waals surface area contributed by atoms with Crippen LogP contribution in [0, 0.1) is 5.82 Å². The van der Waals surface area contributed by atoms with Gasteiger partial charge in [0.25, 0.3) is 0 Å². The number of benzene rings is 1. The molecule has 1 N–H and O–H groups in total. The molecular weight excluding hydrogens is 317 g/mol. The van der Waals surface area contributed by atoms with Crippen LogP contribution in [0.1, 0.15) is 12.5 Å². The lowest BCUT2D eigenvalue weighted by Crippen LogP contribution is -2.52. The average molecular weight is 341 g/mol. The minimum Gasteiger partial charge on any atom is -0.357 e. The summed E-state index contributed by atoms with van der Waals surface area (Å²) in [4.78, 5) is 13.5. The van der Waals surface area contributed by atoms with Gasteiger partial charge in [0.2, 0.25) is 0 Å². The fraction of sp³-hybridized carbons (Fsp3) is 0.368. The third kappa shape index (κ3) is 4.47. The number of rotatable bonds is 4. The Kier molecular flexibility index (Phi) is 5.82. The van der Waals surface area contributed by atoms with Crippen LogP contribution in [0.15, 0.2) is 53.7 Å². The lowest BCUT2D eigenvalue weighted by molar-refractivity contribution is 0.371. The number of aromatic nitrogens is 1. The first-order valence-corrected chi connectivity index (χ1v) is 8.70. The summed E-state index contributed by atoms with van der Waals surface area (Å²) >= 11 is 0. The Balaban J connectivity index is 1.64. The number of halogens is 1. The zero-order valence-corrected chi connectivity index (χ0v) is 14.5. The van der Waals surface area contributed by atoms with Gasteiger partial charge in [0, 0.05) is 44.5 Å². The maximum atomic E-state index is 13.8. The van der Waals surface area contributed by atoms with E-state index < -0.39 is 0 Å². The van der Waals surface area contributed by atoms with E-state index in [0.717, 1.165) is 44.5 Å². The summed E-state index contributed by atoms with van der Waals surface area (Å²) in [5.74, 6) is 1.64. The standard InChI is InChI=1S/C19H24FN5/c1-2-21-19(23-15-16-7-3-4-8-17(16)20)25-13-11-24(12-14-25)18-9-5-6-10-22-18/h3-10H,2,11-15H2,1H3,(H,21,23). The van der Waals surface area contributed by atoms with E-state index in [0.29, 0.717) is 12.1 Å². The summed E-state index contributed by atoms with van der Waals surface area (Å²) in [5.41, 5.74) is 0.616. The maximum absolute atomic E-state index is 13.8. The minimum atomic E-state index is -0.206. The van der Waals surface area contributed by atoms with Gasteiger partial charge in [-0.25, -0.2) is 14.4 Å². The summed E-state index contributed by atoms with van der Waals surface area (Å²) in [6.45, 7) is 6.68. The number of pyridine rings is 1. The van der Waals surface area contributed by atoms with E-state index in [9.17, 15) is 4.39 Å². The van der Waals surface area contributed by atoms with Gasteiger partial charge in [-0.15, -0.1) is 0 Å². The smallest absolute Gasteiger partial charge is 0.194 e. The van der Waals surface area contributed by atoms with Gasteiger partial charge in [-0.2, -0.15) is 0 Å². The molecule has 5 nitrogen and oxygen atoms in total. The lowest BCUT2D eigenvalue weighted by Gasteiger charge is -2.37. The van der Waals surface area contributed by atoms with Crippen LogP contribution in [0.4, 0.5) is 10.2 Å². The van der Waals surface area contributed by atoms with Crippen molar-refractivity contribution in [2.45, 2.75) is 13.5 Å². The van der Waals surface area contributed by atoms with Crippen molar-refractivity contribution in [2.75, 3.05) is 37.6 Å². The third-order valence-electron chi connectivity index (χ3n) is 4.24. The minimum absolute atomic E-state index is 0.206. The van der Waals surface area contributed by atoms with Gasteiger partial charge < -0.3 is 15.1 Å². The zero-order valence-electron chi connectivity index (χ0n) is 14.5. The van der Waals surface area contributed by atoms with E-state index in [4.69, 9.17) is 0 Å². The summed E-state index contributed by atoms with van der Waals surface area (Å²) in [6.07, 6.45) is 1.82. The Morgan fingerprint density at radius 1 is 1.12 bits per heavy atom. The van der Waals surface area contributed by atoms with Crippen LogP contribution in [-0.2, 0) is 6.54 Å². The van der Waals surface area contributed by atoms with Crippen molar-refractivity contribution < 1.29 is 4.39 Å². The molecule has 132 valence electrons. The number of nitrogens with zero attached hydrogens (tertiary/aromatic N) is 4. The molecule has 1 fully saturated rings. The molecule has 1 aromatic heterocycles. The molecule has 1 aromatic carbocycles. The topological polar surface area (TPSA) is 43.8 Å². The van der Waals surface area contributed by atoms with Crippen molar-refractivity contribution in [3.63, 3.8) is 0 Å². The van der Waals surface area contributed by atoms with Crippen molar-refractivity contribution in [3.8, 4) is 0 Å². The second-order valence-electron chi connectivity index (χ2n) is 5.92. The molecule has 0 spiro atoms. The highest BCUT2D eigenvalue weighted by Crippen LogP contribution is 2.13. The number of hydrogen-bond donors (Lipinski definition) is 1. The highest BCUT2D eigenvalue weighted by molar-refractivity contribution is 5.80. The first-order valence-electron chi connectivity index (χ1n) is 8.70. The van der Waals surface area contributed by atoms with Crippen LogP contribution < -0.4 is 10.2 Å². The van der Waals surface area contributed by atoms with Gasteiger partial charge >= 0.3 is 0 Å². The first kappa shape index (κ1) is 17.2. The molecule has 1 aliphatic heterocycles.